The lowest BCUT2D eigenvalue weighted by molar-refractivity contribution is -0.384. The van der Waals surface area contributed by atoms with Gasteiger partial charge in [-0.1, -0.05) is 12.1 Å². The van der Waals surface area contributed by atoms with Gasteiger partial charge in [-0.25, -0.2) is 5.43 Å². The summed E-state index contributed by atoms with van der Waals surface area (Å²) in [5.74, 6) is 0.490. The molecule has 0 saturated heterocycles. The minimum atomic E-state index is -0.833. The van der Waals surface area contributed by atoms with E-state index in [1.165, 1.54) is 25.3 Å². The van der Waals surface area contributed by atoms with E-state index in [0.717, 1.165) is 5.56 Å². The predicted octanol–water partition coefficient (Wildman–Crippen LogP) is 3.51. The van der Waals surface area contributed by atoms with Crippen LogP contribution in [0.25, 0.3) is 11.3 Å². The number of carbonyl (C=O) groups is 2. The van der Waals surface area contributed by atoms with Crippen LogP contribution in [0.2, 0.25) is 0 Å². The molecule has 0 bridgehead atoms. The number of nitro groups is 1. The number of nitrogens with one attached hydrogen (secondary N) is 2. The maximum absolute atomic E-state index is 12.2. The molecule has 0 aliphatic rings. The second-order valence-corrected chi connectivity index (χ2v) is 7.59. The first-order chi connectivity index (χ1) is 16.2. The Kier molecular flexibility index (Phi) is 7.75. The van der Waals surface area contributed by atoms with E-state index < -0.39 is 22.8 Å². The summed E-state index contributed by atoms with van der Waals surface area (Å²) >= 11 is 0. The second-order valence-electron chi connectivity index (χ2n) is 7.59. The van der Waals surface area contributed by atoms with Crippen molar-refractivity contribution in [3.8, 4) is 17.1 Å². The number of hydrogen-bond acceptors (Lipinski definition) is 7. The Morgan fingerprint density at radius 2 is 1.97 bits per heavy atom. The van der Waals surface area contributed by atoms with Gasteiger partial charge >= 0.3 is 0 Å². The molecular weight excluding hydrogens is 440 g/mol. The van der Waals surface area contributed by atoms with Gasteiger partial charge in [0.2, 0.25) is 0 Å². The van der Waals surface area contributed by atoms with E-state index in [9.17, 15) is 19.7 Å². The molecule has 2 amide bonds. The van der Waals surface area contributed by atoms with E-state index in [0.29, 0.717) is 28.4 Å². The lowest BCUT2D eigenvalue weighted by atomic mass is 10.1. The van der Waals surface area contributed by atoms with Crippen LogP contribution in [0.3, 0.4) is 0 Å². The van der Waals surface area contributed by atoms with Crippen molar-refractivity contribution >= 4 is 23.7 Å². The topological polar surface area (TPSA) is 136 Å². The van der Waals surface area contributed by atoms with Gasteiger partial charge in [0, 0.05) is 17.7 Å². The number of furan rings is 1. The quantitative estimate of drug-likeness (QED) is 0.283. The molecule has 0 saturated carbocycles. The molecule has 1 aromatic heterocycles. The first-order valence-corrected chi connectivity index (χ1v) is 10.4. The minimum absolute atomic E-state index is 0.000223. The van der Waals surface area contributed by atoms with Gasteiger partial charge in [-0.05, 0) is 62.2 Å². The zero-order valence-corrected chi connectivity index (χ0v) is 18.9. The first-order valence-electron chi connectivity index (χ1n) is 10.4. The molecule has 3 rings (SSSR count). The van der Waals surface area contributed by atoms with Crippen LogP contribution in [-0.4, -0.2) is 35.6 Å². The average molecular weight is 464 g/mol. The molecule has 0 unspecified atom stereocenters. The molecule has 176 valence electrons. The maximum Gasteiger partial charge on any atom is 0.269 e. The summed E-state index contributed by atoms with van der Waals surface area (Å²) in [4.78, 5) is 34.6. The number of benzene rings is 2. The molecule has 0 spiro atoms. The molecule has 10 nitrogen and oxygen atoms in total. The monoisotopic (exact) mass is 464 g/mol. The summed E-state index contributed by atoms with van der Waals surface area (Å²) in [5, 5.41) is 17.3. The zero-order chi connectivity index (χ0) is 24.7. The van der Waals surface area contributed by atoms with Crippen molar-refractivity contribution < 1.29 is 23.7 Å². The second kappa shape index (κ2) is 10.9. The Bertz CT molecular complexity index is 1230. The van der Waals surface area contributed by atoms with Crippen molar-refractivity contribution in [1.82, 2.24) is 10.7 Å². The summed E-state index contributed by atoms with van der Waals surface area (Å²) in [5.41, 5.74) is 4.75. The molecule has 3 aromatic rings. The van der Waals surface area contributed by atoms with Crippen molar-refractivity contribution in [3.63, 3.8) is 0 Å². The van der Waals surface area contributed by atoms with Gasteiger partial charge in [0.1, 0.15) is 23.3 Å². The minimum Gasteiger partial charge on any atom is -0.484 e. The van der Waals surface area contributed by atoms with Crippen LogP contribution >= 0.6 is 0 Å². The van der Waals surface area contributed by atoms with Gasteiger partial charge in [-0.2, -0.15) is 5.10 Å². The average Bonchev–Trinajstić information content (AvgIpc) is 3.26. The van der Waals surface area contributed by atoms with E-state index in [1.54, 1.807) is 37.3 Å². The number of hydrazone groups is 1. The number of carbonyl (C=O) groups excluding carboxylic acids is 2. The number of nitrogens with zero attached hydrogens (tertiary/aromatic N) is 2. The van der Waals surface area contributed by atoms with E-state index >= 15 is 0 Å². The van der Waals surface area contributed by atoms with Crippen molar-refractivity contribution in [3.05, 3.63) is 81.6 Å². The smallest absolute Gasteiger partial charge is 0.269 e. The number of non-ortho nitro benzene ring substituents is 1. The van der Waals surface area contributed by atoms with Crippen LogP contribution in [0.15, 0.2) is 64.1 Å². The van der Waals surface area contributed by atoms with E-state index in [4.69, 9.17) is 9.15 Å². The van der Waals surface area contributed by atoms with Crippen LogP contribution in [0.1, 0.15) is 23.8 Å². The molecule has 0 fully saturated rings. The third-order valence-electron chi connectivity index (χ3n) is 4.81. The fourth-order valence-electron chi connectivity index (χ4n) is 3.06. The van der Waals surface area contributed by atoms with E-state index in [-0.39, 0.29) is 12.3 Å². The Labute approximate surface area is 195 Å². The molecule has 0 aliphatic heterocycles. The van der Waals surface area contributed by atoms with Crippen molar-refractivity contribution in [2.24, 2.45) is 5.10 Å². The summed E-state index contributed by atoms with van der Waals surface area (Å²) < 4.78 is 11.1. The van der Waals surface area contributed by atoms with Crippen molar-refractivity contribution in [2.75, 3.05) is 6.61 Å². The number of aryl methyl sites for hydroxylation is 2. The van der Waals surface area contributed by atoms with Crippen molar-refractivity contribution in [1.29, 1.82) is 0 Å². The predicted molar refractivity (Wildman–Crippen MR) is 126 cm³/mol. The Balaban J connectivity index is 1.49. The van der Waals surface area contributed by atoms with Crippen LogP contribution in [0, 0.1) is 24.0 Å². The fourth-order valence-corrected chi connectivity index (χ4v) is 3.06. The molecule has 34 heavy (non-hydrogen) atoms. The van der Waals surface area contributed by atoms with Crippen LogP contribution in [0.4, 0.5) is 5.69 Å². The lowest BCUT2D eigenvalue weighted by Gasteiger charge is -2.12. The third kappa shape index (κ3) is 6.52. The van der Waals surface area contributed by atoms with Gasteiger partial charge in [-0.3, -0.25) is 19.7 Å². The van der Waals surface area contributed by atoms with Gasteiger partial charge in [0.15, 0.2) is 6.61 Å². The van der Waals surface area contributed by atoms with Crippen LogP contribution in [-0.2, 0) is 9.59 Å². The summed E-state index contributed by atoms with van der Waals surface area (Å²) in [6, 6.07) is 14.3. The standard InChI is InChI=1S/C24H24N4O6/c1-15-5-4-6-19(11-15)33-14-23(29)26-17(3)24(30)27-25-13-20-8-10-22(34-20)21-9-7-18(28(31)32)12-16(21)2/h4-13,17H,14H2,1-3H3,(H,26,29)(H,27,30)/b25-13-/t17-/m0/s1. The first kappa shape index (κ1) is 24.2. The van der Waals surface area contributed by atoms with Crippen LogP contribution in [0.5, 0.6) is 5.75 Å². The molecule has 0 radical (unpaired) electrons. The number of ether oxygens (including phenoxy) is 1. The molecule has 2 N–H and O–H groups in total. The number of hydrogen-bond donors (Lipinski definition) is 2. The van der Waals surface area contributed by atoms with E-state index in [1.807, 2.05) is 19.1 Å². The molecular formula is C24H24N4O6. The number of nitro benzene ring substituents is 1. The third-order valence-corrected chi connectivity index (χ3v) is 4.81. The molecule has 10 heteroatoms. The molecule has 1 heterocycles. The normalized spacial score (nSPS) is 11.7. The van der Waals surface area contributed by atoms with Crippen molar-refractivity contribution in [2.45, 2.75) is 26.8 Å². The molecule has 1 atom stereocenters. The van der Waals surface area contributed by atoms with Gasteiger partial charge in [-0.15, -0.1) is 0 Å². The highest BCUT2D eigenvalue weighted by Crippen LogP contribution is 2.28. The van der Waals surface area contributed by atoms with Gasteiger partial charge < -0.3 is 14.5 Å². The van der Waals surface area contributed by atoms with Gasteiger partial charge in [0.25, 0.3) is 17.5 Å². The highest BCUT2D eigenvalue weighted by Gasteiger charge is 2.16. The SMILES string of the molecule is Cc1cccc(OCC(=O)N[C@@H](C)C(=O)N/N=C\c2ccc(-c3ccc([N+](=O)[O-])cc3C)o2)c1. The fraction of sp³-hybridized carbons (Fsp3) is 0.208. The maximum atomic E-state index is 12.2. The Hall–Kier alpha value is -4.47. The van der Waals surface area contributed by atoms with Crippen LogP contribution < -0.4 is 15.5 Å². The zero-order valence-electron chi connectivity index (χ0n) is 18.9. The molecule has 2 aromatic carbocycles. The highest BCUT2D eigenvalue weighted by atomic mass is 16.6. The van der Waals surface area contributed by atoms with E-state index in [2.05, 4.69) is 15.8 Å². The van der Waals surface area contributed by atoms with Gasteiger partial charge in [0.05, 0.1) is 11.1 Å². The highest BCUT2D eigenvalue weighted by molar-refractivity contribution is 5.88. The summed E-state index contributed by atoms with van der Waals surface area (Å²) in [6.45, 7) is 4.97. The lowest BCUT2D eigenvalue weighted by Crippen LogP contribution is -2.45. The number of amides is 2. The Morgan fingerprint density at radius 3 is 2.68 bits per heavy atom. The number of rotatable bonds is 9. The summed E-state index contributed by atoms with van der Waals surface area (Å²) in [7, 11) is 0. The Morgan fingerprint density at radius 1 is 1.18 bits per heavy atom. The largest absolute Gasteiger partial charge is 0.484 e. The molecule has 0 aliphatic carbocycles. The summed E-state index contributed by atoms with van der Waals surface area (Å²) in [6.07, 6.45) is 1.32.